The second-order valence-corrected chi connectivity index (χ2v) is 10.8. The summed E-state index contributed by atoms with van der Waals surface area (Å²) in [5.74, 6) is 0.605. The smallest absolute Gasteiger partial charge is 0.309 e. The van der Waals surface area contributed by atoms with Crippen molar-refractivity contribution in [2.24, 2.45) is 0 Å². The second-order valence-electron chi connectivity index (χ2n) is 10.5. The van der Waals surface area contributed by atoms with Crippen LogP contribution in [0.2, 0.25) is 5.15 Å². The number of carbonyl (C=O) groups is 1. The molecule has 0 saturated carbocycles. The van der Waals surface area contributed by atoms with Crippen LogP contribution in [0, 0.1) is 6.92 Å². The number of aryl methyl sites for hydroxylation is 1. The van der Waals surface area contributed by atoms with Gasteiger partial charge in [0.1, 0.15) is 5.76 Å². The number of nitrogens with zero attached hydrogens (tertiary/aromatic N) is 2. The molecule has 34 heavy (non-hydrogen) atoms. The number of hydrogen-bond acceptors (Lipinski definition) is 4. The number of hydrogen-bond donors (Lipinski definition) is 2. The van der Waals surface area contributed by atoms with Gasteiger partial charge in [-0.15, -0.1) is 0 Å². The quantitative estimate of drug-likeness (QED) is 0.377. The fourth-order valence-corrected chi connectivity index (χ4v) is 5.03. The number of furan rings is 1. The van der Waals surface area contributed by atoms with Crippen molar-refractivity contribution in [2.75, 3.05) is 5.32 Å². The number of nitrogens with one attached hydrogen (secondary N) is 3. The Morgan fingerprint density at radius 2 is 1.85 bits per heavy atom. The molecule has 176 valence electrons. The third-order valence-electron chi connectivity index (χ3n) is 7.08. The molecule has 3 aromatic heterocycles. The Bertz CT molecular complexity index is 1420. The first-order valence-corrected chi connectivity index (χ1v) is 11.9. The first-order valence-electron chi connectivity index (χ1n) is 11.5. The van der Waals surface area contributed by atoms with E-state index in [0.29, 0.717) is 17.6 Å². The Hall–Kier alpha value is -3.19. The van der Waals surface area contributed by atoms with Crippen molar-refractivity contribution in [2.45, 2.75) is 64.7 Å². The number of amides is 1. The average Bonchev–Trinajstić information content (AvgIpc) is 3.42. The lowest BCUT2D eigenvalue weighted by molar-refractivity contribution is -0.347. The molecule has 8 heteroatoms. The van der Waals surface area contributed by atoms with E-state index < -0.39 is 5.91 Å². The van der Waals surface area contributed by atoms with Gasteiger partial charge in [-0.3, -0.25) is 15.1 Å². The molecule has 0 aliphatic heterocycles. The summed E-state index contributed by atoms with van der Waals surface area (Å²) >= 11 is 6.15. The van der Waals surface area contributed by atoms with Gasteiger partial charge in [0.05, 0.1) is 0 Å². The SMILES string of the molecule is Cc1cc2c(cc1Cc1ccc(C(=O)Nc3nc(Cl)c4[nH]c[nH+]c4n3)o1)C(C)(C)CCC2(C)C. The molecule has 0 spiro atoms. The minimum atomic E-state index is -0.428. The summed E-state index contributed by atoms with van der Waals surface area (Å²) < 4.78 is 5.90. The van der Waals surface area contributed by atoms with Crippen LogP contribution >= 0.6 is 11.6 Å². The van der Waals surface area contributed by atoms with Crippen molar-refractivity contribution in [1.29, 1.82) is 0 Å². The van der Waals surface area contributed by atoms with Crippen LogP contribution in [0.3, 0.4) is 0 Å². The highest BCUT2D eigenvalue weighted by Crippen LogP contribution is 2.46. The molecule has 1 aliphatic carbocycles. The predicted octanol–water partition coefficient (Wildman–Crippen LogP) is 5.52. The standard InChI is InChI=1S/C26H28ClN5O2/c1-14-10-17-18(26(4,5)9-8-25(17,2)3)12-15(14)11-16-6-7-19(34-16)23(33)32-24-30-21(27)20-22(31-24)29-13-28-20/h6-7,10,12-13H,8-9,11H2,1-5H3,(H2,28,29,30,31,32,33)/p+1. The van der Waals surface area contributed by atoms with E-state index in [0.717, 1.165) is 5.76 Å². The number of anilines is 1. The molecular formula is C26H29ClN5O2+. The Morgan fingerprint density at radius 3 is 2.59 bits per heavy atom. The van der Waals surface area contributed by atoms with E-state index in [9.17, 15) is 4.79 Å². The molecular weight excluding hydrogens is 450 g/mol. The van der Waals surface area contributed by atoms with E-state index in [1.807, 2.05) is 6.07 Å². The Morgan fingerprint density at radius 1 is 1.15 bits per heavy atom. The monoisotopic (exact) mass is 478 g/mol. The van der Waals surface area contributed by atoms with Gasteiger partial charge in [0.2, 0.25) is 5.52 Å². The number of fused-ring (bicyclic) bond motifs is 2. The fourth-order valence-electron chi connectivity index (χ4n) is 4.80. The molecule has 0 saturated heterocycles. The molecule has 0 bridgehead atoms. The predicted molar refractivity (Wildman–Crippen MR) is 131 cm³/mol. The topological polar surface area (TPSA) is 98.0 Å². The van der Waals surface area contributed by atoms with Crippen LogP contribution in [0.25, 0.3) is 11.2 Å². The van der Waals surface area contributed by atoms with Crippen LogP contribution in [0.5, 0.6) is 0 Å². The third-order valence-corrected chi connectivity index (χ3v) is 7.35. The van der Waals surface area contributed by atoms with Crippen LogP contribution in [0.15, 0.2) is 35.0 Å². The number of benzene rings is 1. The number of aromatic nitrogens is 4. The number of rotatable bonds is 4. The number of H-pyrrole nitrogens is 2. The Labute approximate surface area is 203 Å². The van der Waals surface area contributed by atoms with Gasteiger partial charge < -0.3 is 4.42 Å². The van der Waals surface area contributed by atoms with E-state index in [-0.39, 0.29) is 27.7 Å². The summed E-state index contributed by atoms with van der Waals surface area (Å²) in [7, 11) is 0. The summed E-state index contributed by atoms with van der Waals surface area (Å²) in [6.45, 7) is 11.5. The van der Waals surface area contributed by atoms with E-state index in [4.69, 9.17) is 16.0 Å². The summed E-state index contributed by atoms with van der Waals surface area (Å²) in [6.07, 6.45) is 4.57. The number of halogens is 1. The molecule has 1 aromatic carbocycles. The van der Waals surface area contributed by atoms with Gasteiger partial charge in [-0.2, -0.15) is 4.98 Å². The molecule has 4 aromatic rings. The minimum Gasteiger partial charge on any atom is -0.456 e. The van der Waals surface area contributed by atoms with Crippen molar-refractivity contribution in [3.05, 3.63) is 69.5 Å². The first kappa shape index (κ1) is 22.6. The summed E-state index contributed by atoms with van der Waals surface area (Å²) in [5, 5.41) is 2.88. The highest BCUT2D eigenvalue weighted by Gasteiger charge is 2.37. The van der Waals surface area contributed by atoms with Crippen molar-refractivity contribution in [3.8, 4) is 0 Å². The lowest BCUT2D eigenvalue weighted by Gasteiger charge is -2.42. The first-order chi connectivity index (χ1) is 16.0. The van der Waals surface area contributed by atoms with Gasteiger partial charge in [-0.05, 0) is 65.0 Å². The number of carbonyl (C=O) groups excluding carboxylic acids is 1. The number of imidazole rings is 1. The van der Waals surface area contributed by atoms with E-state index in [1.54, 1.807) is 12.4 Å². The van der Waals surface area contributed by atoms with Crippen molar-refractivity contribution >= 4 is 34.6 Å². The van der Waals surface area contributed by atoms with Crippen LogP contribution in [0.4, 0.5) is 5.95 Å². The summed E-state index contributed by atoms with van der Waals surface area (Å²) in [6, 6.07) is 8.21. The molecule has 0 atom stereocenters. The minimum absolute atomic E-state index is 0.103. The Kier molecular flexibility index (Phi) is 5.28. The highest BCUT2D eigenvalue weighted by atomic mass is 35.5. The zero-order valence-electron chi connectivity index (χ0n) is 20.1. The van der Waals surface area contributed by atoms with Gasteiger partial charge in [0.25, 0.3) is 5.91 Å². The van der Waals surface area contributed by atoms with Gasteiger partial charge in [-0.25, -0.2) is 4.98 Å². The maximum atomic E-state index is 12.7. The van der Waals surface area contributed by atoms with E-state index in [2.05, 4.69) is 72.0 Å². The van der Waals surface area contributed by atoms with Gasteiger partial charge >= 0.3 is 11.6 Å². The third kappa shape index (κ3) is 3.98. The van der Waals surface area contributed by atoms with Crippen LogP contribution in [-0.4, -0.2) is 20.9 Å². The lowest BCUT2D eigenvalue weighted by atomic mass is 9.62. The summed E-state index contributed by atoms with van der Waals surface area (Å²) in [5.41, 5.74) is 6.72. The van der Waals surface area contributed by atoms with Gasteiger partial charge in [-0.1, -0.05) is 56.4 Å². The number of aromatic amines is 2. The molecule has 7 nitrogen and oxygen atoms in total. The maximum Gasteiger partial charge on any atom is 0.309 e. The normalized spacial score (nSPS) is 16.4. The molecule has 0 unspecified atom stereocenters. The zero-order valence-corrected chi connectivity index (χ0v) is 20.9. The molecule has 5 rings (SSSR count). The van der Waals surface area contributed by atoms with E-state index in [1.165, 1.54) is 35.1 Å². The van der Waals surface area contributed by atoms with Gasteiger partial charge in [0, 0.05) is 6.42 Å². The molecule has 1 aliphatic rings. The fraction of sp³-hybridized carbons (Fsp3) is 0.385. The van der Waals surface area contributed by atoms with Crippen molar-refractivity contribution in [1.82, 2.24) is 15.0 Å². The largest absolute Gasteiger partial charge is 0.456 e. The molecule has 3 heterocycles. The summed E-state index contributed by atoms with van der Waals surface area (Å²) in [4.78, 5) is 26.9. The second kappa shape index (κ2) is 7.94. The Balaban J connectivity index is 1.37. The van der Waals surface area contributed by atoms with Gasteiger partial charge in [0.15, 0.2) is 17.2 Å². The zero-order chi connectivity index (χ0) is 24.3. The maximum absolute atomic E-state index is 12.7. The molecule has 1 amide bonds. The van der Waals surface area contributed by atoms with Crippen molar-refractivity contribution < 1.29 is 14.2 Å². The highest BCUT2D eigenvalue weighted by molar-refractivity contribution is 6.33. The van der Waals surface area contributed by atoms with E-state index >= 15 is 0 Å². The lowest BCUT2D eigenvalue weighted by Crippen LogP contribution is -2.34. The van der Waals surface area contributed by atoms with Crippen LogP contribution in [0.1, 0.15) is 79.1 Å². The molecule has 0 fully saturated rings. The van der Waals surface area contributed by atoms with Crippen LogP contribution < -0.4 is 10.3 Å². The average molecular weight is 479 g/mol. The molecule has 3 N–H and O–H groups in total. The molecule has 0 radical (unpaired) electrons. The van der Waals surface area contributed by atoms with Crippen molar-refractivity contribution in [3.63, 3.8) is 0 Å². The van der Waals surface area contributed by atoms with Crippen LogP contribution in [-0.2, 0) is 17.3 Å².